The van der Waals surface area contributed by atoms with Gasteiger partial charge in [0, 0.05) is 23.2 Å². The van der Waals surface area contributed by atoms with Gasteiger partial charge in [-0.3, -0.25) is 14.8 Å². The van der Waals surface area contributed by atoms with Gasteiger partial charge in [-0.05, 0) is 30.3 Å². The Kier molecular flexibility index (Phi) is 4.10. The number of rotatable bonds is 2. The second-order valence-corrected chi connectivity index (χ2v) is 5.91. The van der Waals surface area contributed by atoms with Crippen molar-refractivity contribution < 1.29 is 29.0 Å². The highest BCUT2D eigenvalue weighted by Crippen LogP contribution is 2.33. The molecular formula is C18H16N2O6. The van der Waals surface area contributed by atoms with Crippen LogP contribution in [0.2, 0.25) is 0 Å². The average Bonchev–Trinajstić information content (AvgIpc) is 3.04. The summed E-state index contributed by atoms with van der Waals surface area (Å²) in [7, 11) is 0. The second-order valence-electron chi connectivity index (χ2n) is 5.91. The maximum Gasteiger partial charge on any atom is 0.274 e. The Morgan fingerprint density at radius 1 is 0.962 bits per heavy atom. The smallest absolute Gasteiger partial charge is 0.274 e. The van der Waals surface area contributed by atoms with Crippen LogP contribution in [0.15, 0.2) is 36.4 Å². The number of ether oxygens (including phenoxy) is 3. The van der Waals surface area contributed by atoms with Crippen LogP contribution in [0.1, 0.15) is 26.3 Å². The number of benzene rings is 2. The fourth-order valence-electron chi connectivity index (χ4n) is 2.96. The molecule has 2 aromatic rings. The quantitative estimate of drug-likeness (QED) is 0.626. The predicted octanol–water partition coefficient (Wildman–Crippen LogP) is 1.57. The highest BCUT2D eigenvalue weighted by Gasteiger charge is 2.24. The molecule has 2 aromatic carbocycles. The molecule has 0 aliphatic carbocycles. The summed E-state index contributed by atoms with van der Waals surface area (Å²) in [6.45, 7) is 1.21. The van der Waals surface area contributed by atoms with E-state index in [2.05, 4.69) is 0 Å². The summed E-state index contributed by atoms with van der Waals surface area (Å²) in [4.78, 5) is 26.1. The molecule has 8 heteroatoms. The number of amides is 2. The Hall–Kier alpha value is -3.26. The van der Waals surface area contributed by atoms with Crippen LogP contribution in [0.3, 0.4) is 0 Å². The first kappa shape index (κ1) is 16.2. The van der Waals surface area contributed by atoms with Crippen LogP contribution in [0, 0.1) is 0 Å². The van der Waals surface area contributed by atoms with Gasteiger partial charge < -0.3 is 19.1 Å². The second kappa shape index (κ2) is 6.57. The summed E-state index contributed by atoms with van der Waals surface area (Å²) in [6.07, 6.45) is 0. The highest BCUT2D eigenvalue weighted by atomic mass is 16.7. The van der Waals surface area contributed by atoms with Crippen LogP contribution in [0.4, 0.5) is 0 Å². The molecule has 0 aromatic heterocycles. The fourth-order valence-corrected chi connectivity index (χ4v) is 2.96. The summed E-state index contributed by atoms with van der Waals surface area (Å²) < 4.78 is 16.3. The molecule has 2 N–H and O–H groups in total. The summed E-state index contributed by atoms with van der Waals surface area (Å²) in [6, 6.07) is 9.93. The minimum Gasteiger partial charge on any atom is -0.491 e. The van der Waals surface area contributed by atoms with Crippen LogP contribution >= 0.6 is 0 Å². The van der Waals surface area contributed by atoms with Gasteiger partial charge >= 0.3 is 0 Å². The minimum absolute atomic E-state index is 0.142. The van der Waals surface area contributed by atoms with E-state index in [1.165, 1.54) is 0 Å². The van der Waals surface area contributed by atoms with Crippen molar-refractivity contribution >= 4 is 11.8 Å². The van der Waals surface area contributed by atoms with E-state index >= 15 is 0 Å². The molecule has 2 amide bonds. The third-order valence-electron chi connectivity index (χ3n) is 4.32. The van der Waals surface area contributed by atoms with Gasteiger partial charge in [0.1, 0.15) is 12.4 Å². The summed E-state index contributed by atoms with van der Waals surface area (Å²) >= 11 is 0. The molecule has 0 fully saturated rings. The monoisotopic (exact) mass is 356 g/mol. The molecule has 0 radical (unpaired) electrons. The Morgan fingerprint density at radius 2 is 1.73 bits per heavy atom. The van der Waals surface area contributed by atoms with Crippen LogP contribution in [-0.4, -0.2) is 41.9 Å². The van der Waals surface area contributed by atoms with Crippen molar-refractivity contribution in [1.82, 2.24) is 10.4 Å². The lowest BCUT2D eigenvalue weighted by Gasteiger charge is -2.20. The number of fused-ring (bicyclic) bond motifs is 2. The predicted molar refractivity (Wildman–Crippen MR) is 88.5 cm³/mol. The lowest BCUT2D eigenvalue weighted by molar-refractivity contribution is 0.0705. The number of nitrogens with zero attached hydrogens (tertiary/aromatic N) is 1. The van der Waals surface area contributed by atoms with Gasteiger partial charge in [-0.25, -0.2) is 5.48 Å². The van der Waals surface area contributed by atoms with Gasteiger partial charge in [0.15, 0.2) is 11.5 Å². The number of hydrogen-bond acceptors (Lipinski definition) is 6. The number of hydrogen-bond donors (Lipinski definition) is 2. The van der Waals surface area contributed by atoms with Crippen LogP contribution < -0.4 is 19.7 Å². The van der Waals surface area contributed by atoms with Gasteiger partial charge in [-0.15, -0.1) is 0 Å². The zero-order valence-corrected chi connectivity index (χ0v) is 13.7. The molecule has 8 nitrogen and oxygen atoms in total. The van der Waals surface area contributed by atoms with E-state index in [9.17, 15) is 9.59 Å². The third-order valence-corrected chi connectivity index (χ3v) is 4.32. The molecule has 0 saturated carbocycles. The molecule has 134 valence electrons. The van der Waals surface area contributed by atoms with Crippen molar-refractivity contribution in [3.63, 3.8) is 0 Å². The van der Waals surface area contributed by atoms with Crippen molar-refractivity contribution in [1.29, 1.82) is 0 Å². The van der Waals surface area contributed by atoms with Crippen molar-refractivity contribution in [3.8, 4) is 17.2 Å². The lowest BCUT2D eigenvalue weighted by Crippen LogP contribution is -2.32. The number of nitrogens with one attached hydrogen (secondary N) is 1. The topological polar surface area (TPSA) is 97.3 Å². The lowest BCUT2D eigenvalue weighted by atomic mass is 10.1. The Bertz CT molecular complexity index is 882. The molecule has 0 unspecified atom stereocenters. The largest absolute Gasteiger partial charge is 0.491 e. The van der Waals surface area contributed by atoms with E-state index in [4.69, 9.17) is 19.4 Å². The van der Waals surface area contributed by atoms with Gasteiger partial charge in [0.25, 0.3) is 11.8 Å². The van der Waals surface area contributed by atoms with Crippen molar-refractivity contribution in [3.05, 3.63) is 53.1 Å². The first-order valence-corrected chi connectivity index (χ1v) is 8.05. The molecule has 4 rings (SSSR count). The Balaban J connectivity index is 1.57. The van der Waals surface area contributed by atoms with E-state index in [0.717, 1.165) is 5.56 Å². The molecule has 2 aliphatic heterocycles. The van der Waals surface area contributed by atoms with E-state index in [-0.39, 0.29) is 18.3 Å². The number of carbonyl (C=O) groups is 2. The van der Waals surface area contributed by atoms with Crippen molar-refractivity contribution in [2.45, 2.75) is 6.54 Å². The maximum absolute atomic E-state index is 12.9. The average molecular weight is 356 g/mol. The van der Waals surface area contributed by atoms with Gasteiger partial charge in [-0.1, -0.05) is 6.07 Å². The zero-order valence-electron chi connectivity index (χ0n) is 13.7. The first-order valence-electron chi connectivity index (χ1n) is 8.05. The normalized spacial score (nSPS) is 14.9. The van der Waals surface area contributed by atoms with Crippen LogP contribution in [0.25, 0.3) is 0 Å². The number of hydroxylamine groups is 1. The molecule has 0 spiro atoms. The van der Waals surface area contributed by atoms with E-state index in [0.29, 0.717) is 42.5 Å². The minimum atomic E-state index is -0.617. The molecule has 0 atom stereocenters. The Morgan fingerprint density at radius 3 is 2.58 bits per heavy atom. The van der Waals surface area contributed by atoms with Gasteiger partial charge in [0.2, 0.25) is 6.79 Å². The molecular weight excluding hydrogens is 340 g/mol. The SMILES string of the molecule is O=C(NO)c1ccc2c(c1)OCCN(C(=O)c1ccc3c(c1)OCO3)C2. The fraction of sp³-hybridized carbons (Fsp3) is 0.222. The summed E-state index contributed by atoms with van der Waals surface area (Å²) in [5.74, 6) is 0.945. The summed E-state index contributed by atoms with van der Waals surface area (Å²) in [5.41, 5.74) is 3.16. The number of carbonyl (C=O) groups excluding carboxylic acids is 2. The van der Waals surface area contributed by atoms with Crippen LogP contribution in [-0.2, 0) is 6.54 Å². The zero-order chi connectivity index (χ0) is 18.1. The summed E-state index contributed by atoms with van der Waals surface area (Å²) in [5, 5.41) is 8.74. The molecule has 2 heterocycles. The highest BCUT2D eigenvalue weighted by molar-refractivity contribution is 5.95. The molecule has 2 aliphatic rings. The first-order chi connectivity index (χ1) is 12.7. The van der Waals surface area contributed by atoms with Gasteiger partial charge in [0.05, 0.1) is 6.54 Å². The van der Waals surface area contributed by atoms with Crippen molar-refractivity contribution in [2.75, 3.05) is 19.9 Å². The van der Waals surface area contributed by atoms with E-state index in [1.54, 1.807) is 46.8 Å². The maximum atomic E-state index is 12.9. The third kappa shape index (κ3) is 2.91. The van der Waals surface area contributed by atoms with Gasteiger partial charge in [-0.2, -0.15) is 0 Å². The molecule has 0 saturated heterocycles. The molecule has 26 heavy (non-hydrogen) atoms. The Labute approximate surface area is 148 Å². The van der Waals surface area contributed by atoms with Crippen LogP contribution in [0.5, 0.6) is 17.2 Å². The standard InChI is InChI=1S/C18H16N2O6/c21-17(19-23)11-1-2-13-9-20(5-6-24-15(13)7-11)18(22)12-3-4-14-16(8-12)26-10-25-14/h1-4,7-8,23H,5-6,9-10H2,(H,19,21). The molecule has 0 bridgehead atoms. The van der Waals surface area contributed by atoms with Crippen molar-refractivity contribution in [2.24, 2.45) is 0 Å². The van der Waals surface area contributed by atoms with E-state index in [1.807, 2.05) is 0 Å². The van der Waals surface area contributed by atoms with E-state index < -0.39 is 5.91 Å².